The van der Waals surface area contributed by atoms with E-state index < -0.39 is 0 Å². The first-order chi connectivity index (χ1) is 15.2. The van der Waals surface area contributed by atoms with Crippen LogP contribution in [0.25, 0.3) is 22.2 Å². The Morgan fingerprint density at radius 2 is 2.00 bits per heavy atom. The van der Waals surface area contributed by atoms with E-state index in [4.69, 9.17) is 20.2 Å². The third-order valence-corrected chi connectivity index (χ3v) is 5.41. The Morgan fingerprint density at radius 3 is 2.77 bits per heavy atom. The molecule has 0 fully saturated rings. The summed E-state index contributed by atoms with van der Waals surface area (Å²) < 4.78 is 11.3. The molecule has 1 aliphatic rings. The summed E-state index contributed by atoms with van der Waals surface area (Å²) in [5.41, 5.74) is 10.7. The number of ether oxygens (including phenoxy) is 2. The molecule has 9 nitrogen and oxygen atoms in total. The lowest BCUT2D eigenvalue weighted by Crippen LogP contribution is -2.32. The zero-order valence-corrected chi connectivity index (χ0v) is 17.2. The normalized spacial score (nSPS) is 13.2. The number of anilines is 2. The van der Waals surface area contributed by atoms with Gasteiger partial charge in [-0.15, -0.1) is 0 Å². The third-order valence-electron chi connectivity index (χ3n) is 5.41. The predicted molar refractivity (Wildman–Crippen MR) is 117 cm³/mol. The summed E-state index contributed by atoms with van der Waals surface area (Å²) >= 11 is 0. The Balaban J connectivity index is 1.69. The fourth-order valence-electron chi connectivity index (χ4n) is 3.96. The van der Waals surface area contributed by atoms with Crippen LogP contribution in [0.4, 0.5) is 11.8 Å². The van der Waals surface area contributed by atoms with Gasteiger partial charge < -0.3 is 20.1 Å². The average Bonchev–Trinajstić information content (AvgIpc) is 2.82. The molecule has 1 aromatic carbocycles. The number of aromatic nitrogens is 5. The smallest absolute Gasteiger partial charge is 0.228 e. The molecule has 156 valence electrons. The molecule has 3 aromatic heterocycles. The Labute approximate surface area is 178 Å². The Morgan fingerprint density at radius 1 is 1.10 bits per heavy atom. The molecule has 9 heteroatoms. The second kappa shape index (κ2) is 7.67. The largest absolute Gasteiger partial charge is 0.493 e. The first kappa shape index (κ1) is 19.0. The van der Waals surface area contributed by atoms with Crippen LogP contribution in [0.2, 0.25) is 0 Å². The van der Waals surface area contributed by atoms with Gasteiger partial charge in [0.25, 0.3) is 0 Å². The van der Waals surface area contributed by atoms with E-state index >= 15 is 0 Å². The van der Waals surface area contributed by atoms with Gasteiger partial charge in [0.2, 0.25) is 5.95 Å². The lowest BCUT2D eigenvalue weighted by atomic mass is 10.0. The van der Waals surface area contributed by atoms with Gasteiger partial charge in [-0.25, -0.2) is 15.0 Å². The van der Waals surface area contributed by atoms with Crippen LogP contribution < -0.4 is 20.1 Å². The molecule has 4 heterocycles. The zero-order chi connectivity index (χ0) is 21.4. The molecule has 4 aromatic rings. The Kier molecular flexibility index (Phi) is 4.70. The minimum Gasteiger partial charge on any atom is -0.493 e. The summed E-state index contributed by atoms with van der Waals surface area (Å²) in [5.74, 6) is 2.01. The number of nitrogens with two attached hydrogens (primary N) is 1. The molecular formula is C22H21N7O2. The molecular weight excluding hydrogens is 394 g/mol. The van der Waals surface area contributed by atoms with Crippen molar-refractivity contribution < 1.29 is 9.47 Å². The first-order valence-corrected chi connectivity index (χ1v) is 9.86. The fourth-order valence-corrected chi connectivity index (χ4v) is 3.96. The van der Waals surface area contributed by atoms with E-state index in [2.05, 4.69) is 24.8 Å². The van der Waals surface area contributed by atoms with Crippen molar-refractivity contribution in [3.8, 4) is 22.8 Å². The molecule has 0 atom stereocenters. The number of rotatable bonds is 4. The Bertz CT molecular complexity index is 1260. The van der Waals surface area contributed by atoms with Crippen LogP contribution >= 0.6 is 0 Å². The number of hydrogen-bond acceptors (Lipinski definition) is 9. The van der Waals surface area contributed by atoms with Crippen LogP contribution in [-0.2, 0) is 13.0 Å². The standard InChI is InChI=1S/C22H21N7O2/c1-30-17-9-16-19(18(20(17)31-2)15-5-3-4-7-25-15)21(23)28-22(27-16)29-8-6-14-13(11-29)10-24-12-26-14/h3-5,7,9-10,12H,6,8,11H2,1-2H3,(H2,23,27,28). The van der Waals surface area contributed by atoms with Crippen molar-refractivity contribution in [3.05, 3.63) is 54.2 Å². The summed E-state index contributed by atoms with van der Waals surface area (Å²) in [7, 11) is 3.19. The van der Waals surface area contributed by atoms with E-state index in [-0.39, 0.29) is 0 Å². The number of hydrogen-bond donors (Lipinski definition) is 1. The van der Waals surface area contributed by atoms with Crippen molar-refractivity contribution >= 4 is 22.7 Å². The number of methoxy groups -OCH3 is 2. The third kappa shape index (κ3) is 3.24. The van der Waals surface area contributed by atoms with Gasteiger partial charge >= 0.3 is 0 Å². The van der Waals surface area contributed by atoms with Crippen LogP contribution in [0, 0.1) is 0 Å². The van der Waals surface area contributed by atoms with Crippen molar-refractivity contribution in [1.82, 2.24) is 24.9 Å². The van der Waals surface area contributed by atoms with Crippen molar-refractivity contribution in [2.45, 2.75) is 13.0 Å². The van der Waals surface area contributed by atoms with Crippen molar-refractivity contribution in [3.63, 3.8) is 0 Å². The minimum atomic E-state index is 0.358. The van der Waals surface area contributed by atoms with Crippen LogP contribution in [0.5, 0.6) is 11.5 Å². The molecule has 0 radical (unpaired) electrons. The van der Waals surface area contributed by atoms with Crippen molar-refractivity contribution in [1.29, 1.82) is 0 Å². The number of nitrogen functional groups attached to an aromatic ring is 1. The van der Waals surface area contributed by atoms with Crippen LogP contribution in [0.3, 0.4) is 0 Å². The van der Waals surface area contributed by atoms with E-state index in [9.17, 15) is 0 Å². The summed E-state index contributed by atoms with van der Waals surface area (Å²) in [6, 6.07) is 7.48. The summed E-state index contributed by atoms with van der Waals surface area (Å²) in [6.45, 7) is 1.37. The highest BCUT2D eigenvalue weighted by Crippen LogP contribution is 2.44. The second-order valence-corrected chi connectivity index (χ2v) is 7.17. The van der Waals surface area contributed by atoms with Gasteiger partial charge in [0.15, 0.2) is 11.5 Å². The van der Waals surface area contributed by atoms with E-state index in [1.807, 2.05) is 30.5 Å². The molecule has 5 rings (SSSR count). The number of nitrogens with zero attached hydrogens (tertiary/aromatic N) is 6. The lowest BCUT2D eigenvalue weighted by molar-refractivity contribution is 0.357. The van der Waals surface area contributed by atoms with Gasteiger partial charge in [-0.3, -0.25) is 4.98 Å². The maximum atomic E-state index is 6.48. The van der Waals surface area contributed by atoms with E-state index in [0.717, 1.165) is 24.2 Å². The number of benzene rings is 1. The maximum Gasteiger partial charge on any atom is 0.228 e. The van der Waals surface area contributed by atoms with Gasteiger partial charge in [-0.1, -0.05) is 6.07 Å². The van der Waals surface area contributed by atoms with Crippen molar-refractivity contribution in [2.75, 3.05) is 31.4 Å². The second-order valence-electron chi connectivity index (χ2n) is 7.17. The number of pyridine rings is 1. The highest BCUT2D eigenvalue weighted by atomic mass is 16.5. The number of fused-ring (bicyclic) bond motifs is 2. The summed E-state index contributed by atoms with van der Waals surface area (Å²) in [6.07, 6.45) is 5.94. The monoisotopic (exact) mass is 415 g/mol. The van der Waals surface area contributed by atoms with Crippen molar-refractivity contribution in [2.24, 2.45) is 0 Å². The fraction of sp³-hybridized carbons (Fsp3) is 0.227. The van der Waals surface area contributed by atoms with Gasteiger partial charge in [0, 0.05) is 43.5 Å². The summed E-state index contributed by atoms with van der Waals surface area (Å²) in [4.78, 5) is 24.5. The quantitative estimate of drug-likeness (QED) is 0.537. The van der Waals surface area contributed by atoms with Crippen LogP contribution in [-0.4, -0.2) is 45.7 Å². The molecule has 0 spiro atoms. The van der Waals surface area contributed by atoms with Gasteiger partial charge in [0.1, 0.15) is 12.1 Å². The van der Waals surface area contributed by atoms with Gasteiger partial charge in [0.05, 0.1) is 42.1 Å². The zero-order valence-electron chi connectivity index (χ0n) is 17.2. The molecule has 0 bridgehead atoms. The molecule has 2 N–H and O–H groups in total. The summed E-state index contributed by atoms with van der Waals surface area (Å²) in [5, 5.41) is 0.681. The lowest BCUT2D eigenvalue weighted by Gasteiger charge is -2.28. The maximum absolute atomic E-state index is 6.48. The highest BCUT2D eigenvalue weighted by Gasteiger charge is 2.24. The minimum absolute atomic E-state index is 0.358. The SMILES string of the molecule is COc1cc2nc(N3CCc4ncncc4C3)nc(N)c2c(-c2ccccn2)c1OC. The molecule has 0 unspecified atom stereocenters. The highest BCUT2D eigenvalue weighted by molar-refractivity contribution is 6.05. The first-order valence-electron chi connectivity index (χ1n) is 9.86. The van der Waals surface area contributed by atoms with Gasteiger partial charge in [-0.2, -0.15) is 4.98 Å². The van der Waals surface area contributed by atoms with E-state index in [1.54, 1.807) is 26.7 Å². The molecule has 31 heavy (non-hydrogen) atoms. The van der Waals surface area contributed by atoms with Crippen LogP contribution in [0.15, 0.2) is 43.0 Å². The topological polar surface area (TPSA) is 112 Å². The molecule has 0 amide bonds. The van der Waals surface area contributed by atoms with Crippen LogP contribution in [0.1, 0.15) is 11.3 Å². The molecule has 1 aliphatic heterocycles. The average molecular weight is 415 g/mol. The predicted octanol–water partition coefficient (Wildman–Crippen LogP) is 2.64. The van der Waals surface area contributed by atoms with E-state index in [1.165, 1.54) is 0 Å². The molecule has 0 aliphatic carbocycles. The Hall–Kier alpha value is -4.01. The molecule has 0 saturated carbocycles. The molecule has 0 saturated heterocycles. The van der Waals surface area contributed by atoms with E-state index in [0.29, 0.717) is 52.0 Å². The van der Waals surface area contributed by atoms with Gasteiger partial charge in [-0.05, 0) is 12.1 Å².